The molecule has 0 aliphatic carbocycles. The van der Waals surface area contributed by atoms with Gasteiger partial charge in [-0.25, -0.2) is 8.42 Å². The SMILES string of the molecule is CCCC(C)(C)NC(=O)CS(=O)(=O)C(C)(C)C. The summed E-state index contributed by atoms with van der Waals surface area (Å²) >= 11 is 0. The molecule has 0 heterocycles. The van der Waals surface area contributed by atoms with Crippen molar-refractivity contribution in [3.8, 4) is 0 Å². The van der Waals surface area contributed by atoms with Gasteiger partial charge < -0.3 is 5.32 Å². The van der Waals surface area contributed by atoms with E-state index < -0.39 is 26.2 Å². The second-order valence-electron chi connectivity index (χ2n) is 6.05. The molecule has 0 saturated carbocycles. The molecule has 0 aliphatic heterocycles. The van der Waals surface area contributed by atoms with Crippen LogP contribution in [0.3, 0.4) is 0 Å². The minimum atomic E-state index is -3.40. The van der Waals surface area contributed by atoms with Crippen LogP contribution in [-0.4, -0.2) is 30.4 Å². The third-order valence-electron chi connectivity index (χ3n) is 2.61. The van der Waals surface area contributed by atoms with Gasteiger partial charge in [0, 0.05) is 5.54 Å². The first kappa shape index (κ1) is 16.4. The van der Waals surface area contributed by atoms with Crippen molar-refractivity contribution in [1.29, 1.82) is 0 Å². The van der Waals surface area contributed by atoms with Crippen LogP contribution in [0.2, 0.25) is 0 Å². The highest BCUT2D eigenvalue weighted by Gasteiger charge is 2.32. The van der Waals surface area contributed by atoms with Gasteiger partial charge in [-0.2, -0.15) is 0 Å². The molecule has 0 aromatic carbocycles. The molecule has 5 heteroatoms. The van der Waals surface area contributed by atoms with Gasteiger partial charge in [0.2, 0.25) is 5.91 Å². The maximum Gasteiger partial charge on any atom is 0.235 e. The van der Waals surface area contributed by atoms with Gasteiger partial charge >= 0.3 is 0 Å². The smallest absolute Gasteiger partial charge is 0.235 e. The van der Waals surface area contributed by atoms with Gasteiger partial charge in [0.05, 0.1) is 4.75 Å². The maximum atomic E-state index is 11.8. The van der Waals surface area contributed by atoms with Crippen LogP contribution in [0.4, 0.5) is 0 Å². The summed E-state index contributed by atoms with van der Waals surface area (Å²) in [6.07, 6.45) is 1.77. The molecule has 4 nitrogen and oxygen atoms in total. The molecular weight excluding hydrogens is 238 g/mol. The third-order valence-corrected chi connectivity index (χ3v) is 5.12. The fourth-order valence-corrected chi connectivity index (χ4v) is 2.34. The highest BCUT2D eigenvalue weighted by Crippen LogP contribution is 2.16. The lowest BCUT2D eigenvalue weighted by atomic mass is 9.99. The van der Waals surface area contributed by atoms with E-state index in [4.69, 9.17) is 0 Å². The predicted molar refractivity (Wildman–Crippen MR) is 70.7 cm³/mol. The Morgan fingerprint density at radius 3 is 1.94 bits per heavy atom. The molecule has 0 aliphatic rings. The van der Waals surface area contributed by atoms with Gasteiger partial charge in [0.25, 0.3) is 0 Å². The van der Waals surface area contributed by atoms with E-state index in [0.29, 0.717) is 0 Å². The van der Waals surface area contributed by atoms with Crippen molar-refractivity contribution in [2.45, 2.75) is 64.7 Å². The lowest BCUT2D eigenvalue weighted by molar-refractivity contribution is -0.120. The van der Waals surface area contributed by atoms with Gasteiger partial charge in [-0.15, -0.1) is 0 Å². The van der Waals surface area contributed by atoms with Gasteiger partial charge in [0.15, 0.2) is 9.84 Å². The quantitative estimate of drug-likeness (QED) is 0.824. The molecule has 0 unspecified atom stereocenters. The van der Waals surface area contributed by atoms with Crippen molar-refractivity contribution >= 4 is 15.7 Å². The first-order valence-electron chi connectivity index (χ1n) is 5.94. The summed E-state index contributed by atoms with van der Waals surface area (Å²) in [6.45, 7) is 10.6. The molecule has 0 bridgehead atoms. The molecule has 0 aromatic heterocycles. The fourth-order valence-electron chi connectivity index (χ4n) is 1.49. The van der Waals surface area contributed by atoms with Crippen LogP contribution < -0.4 is 5.32 Å². The third kappa shape index (κ3) is 5.52. The van der Waals surface area contributed by atoms with E-state index in [9.17, 15) is 13.2 Å². The summed E-state index contributed by atoms with van der Waals surface area (Å²) in [6, 6.07) is 0. The Morgan fingerprint density at radius 2 is 1.59 bits per heavy atom. The number of hydrogen-bond donors (Lipinski definition) is 1. The first-order valence-corrected chi connectivity index (χ1v) is 7.60. The van der Waals surface area contributed by atoms with Gasteiger partial charge in [-0.3, -0.25) is 4.79 Å². The lowest BCUT2D eigenvalue weighted by Gasteiger charge is -2.27. The topological polar surface area (TPSA) is 63.2 Å². The summed E-state index contributed by atoms with van der Waals surface area (Å²) in [5.41, 5.74) is -0.348. The summed E-state index contributed by atoms with van der Waals surface area (Å²) in [5, 5.41) is 2.77. The lowest BCUT2D eigenvalue weighted by Crippen LogP contribution is -2.47. The molecule has 0 aromatic rings. The van der Waals surface area contributed by atoms with Gasteiger partial charge in [0.1, 0.15) is 5.75 Å². The van der Waals surface area contributed by atoms with Crippen molar-refractivity contribution in [2.75, 3.05) is 5.75 Å². The van der Waals surface area contributed by atoms with Crippen LogP contribution in [0.15, 0.2) is 0 Å². The zero-order chi connectivity index (χ0) is 13.9. The summed E-state index contributed by atoms with van der Waals surface area (Å²) < 4.78 is 22.8. The minimum Gasteiger partial charge on any atom is -0.350 e. The number of hydrogen-bond acceptors (Lipinski definition) is 3. The van der Waals surface area contributed by atoms with Crippen molar-refractivity contribution in [3.05, 3.63) is 0 Å². The summed E-state index contributed by atoms with van der Waals surface area (Å²) in [4.78, 5) is 11.7. The largest absolute Gasteiger partial charge is 0.350 e. The second-order valence-corrected chi connectivity index (χ2v) is 8.80. The Balaban J connectivity index is 4.59. The number of amides is 1. The second kappa shape index (κ2) is 5.38. The molecule has 0 rings (SSSR count). The van der Waals surface area contributed by atoms with Crippen molar-refractivity contribution < 1.29 is 13.2 Å². The van der Waals surface area contributed by atoms with E-state index in [1.807, 2.05) is 20.8 Å². The van der Waals surface area contributed by atoms with Crippen LogP contribution in [0, 0.1) is 0 Å². The average Bonchev–Trinajstić information content (AvgIpc) is 1.97. The molecule has 17 heavy (non-hydrogen) atoms. The molecule has 102 valence electrons. The van der Waals surface area contributed by atoms with Crippen molar-refractivity contribution in [3.63, 3.8) is 0 Å². The Morgan fingerprint density at radius 1 is 1.12 bits per heavy atom. The normalized spacial score (nSPS) is 13.5. The summed E-state index contributed by atoms with van der Waals surface area (Å²) in [7, 11) is -3.40. The highest BCUT2D eigenvalue weighted by molar-refractivity contribution is 7.93. The number of carbonyl (C=O) groups is 1. The standard InChI is InChI=1S/C12H25NO3S/c1-7-8-12(5,6)13-10(14)9-17(15,16)11(2,3)4/h7-9H2,1-6H3,(H,13,14). The molecule has 0 atom stereocenters. The van der Waals surface area contributed by atoms with E-state index in [1.54, 1.807) is 20.8 Å². The summed E-state index contributed by atoms with van der Waals surface area (Å²) in [5.74, 6) is -0.859. The molecule has 0 spiro atoms. The van der Waals surface area contributed by atoms with Crippen molar-refractivity contribution in [2.24, 2.45) is 0 Å². The zero-order valence-corrected chi connectivity index (χ0v) is 12.6. The van der Waals surface area contributed by atoms with Crippen molar-refractivity contribution in [1.82, 2.24) is 5.32 Å². The maximum absolute atomic E-state index is 11.8. The number of rotatable bonds is 5. The van der Waals surface area contributed by atoms with Gasteiger partial charge in [-0.05, 0) is 41.0 Å². The molecular formula is C12H25NO3S. The molecule has 0 radical (unpaired) electrons. The van der Waals surface area contributed by atoms with E-state index in [2.05, 4.69) is 5.32 Å². The first-order chi connectivity index (χ1) is 7.41. The highest BCUT2D eigenvalue weighted by atomic mass is 32.2. The molecule has 1 N–H and O–H groups in total. The Kier molecular flexibility index (Phi) is 5.19. The minimum absolute atomic E-state index is 0.348. The van der Waals surface area contributed by atoms with Crippen LogP contribution >= 0.6 is 0 Å². The van der Waals surface area contributed by atoms with Gasteiger partial charge in [-0.1, -0.05) is 13.3 Å². The monoisotopic (exact) mass is 263 g/mol. The van der Waals surface area contributed by atoms with E-state index in [1.165, 1.54) is 0 Å². The Labute approximate surface area is 105 Å². The predicted octanol–water partition coefficient (Wildman–Crippen LogP) is 1.89. The zero-order valence-electron chi connectivity index (χ0n) is 11.8. The van der Waals surface area contributed by atoms with E-state index in [-0.39, 0.29) is 5.54 Å². The van der Waals surface area contributed by atoms with Crippen LogP contribution in [-0.2, 0) is 14.6 Å². The Hall–Kier alpha value is -0.580. The number of nitrogens with one attached hydrogen (secondary N) is 1. The van der Waals surface area contributed by atoms with Crippen LogP contribution in [0.5, 0.6) is 0 Å². The average molecular weight is 263 g/mol. The number of sulfone groups is 1. The number of carbonyl (C=O) groups excluding carboxylic acids is 1. The van der Waals surface area contributed by atoms with Crippen LogP contribution in [0.25, 0.3) is 0 Å². The molecule has 0 fully saturated rings. The fraction of sp³-hybridized carbons (Fsp3) is 0.917. The molecule has 0 saturated heterocycles. The van der Waals surface area contributed by atoms with E-state index >= 15 is 0 Å². The Bertz CT molecular complexity index is 364. The van der Waals surface area contributed by atoms with E-state index in [0.717, 1.165) is 12.8 Å². The molecule has 1 amide bonds. The van der Waals surface area contributed by atoms with Crippen LogP contribution in [0.1, 0.15) is 54.4 Å².